The molecule has 1 aliphatic heterocycles. The summed E-state index contributed by atoms with van der Waals surface area (Å²) in [6.45, 7) is 4.10. The molecule has 316 valence electrons. The molecule has 0 bridgehead atoms. The van der Waals surface area contributed by atoms with Crippen LogP contribution in [0.4, 0.5) is 39.5 Å². The van der Waals surface area contributed by atoms with Crippen LogP contribution < -0.4 is 0 Å². The van der Waals surface area contributed by atoms with Gasteiger partial charge in [-0.25, -0.2) is 31.1 Å². The van der Waals surface area contributed by atoms with E-state index in [2.05, 4.69) is 0 Å². The molecule has 1 heterocycles. The number of hydroxylamine groups is 2. The van der Waals surface area contributed by atoms with Crippen LogP contribution in [0.1, 0.15) is 45.7 Å². The number of alkyl halides is 3. The van der Waals surface area contributed by atoms with E-state index in [-0.39, 0.29) is 29.7 Å². The van der Waals surface area contributed by atoms with Gasteiger partial charge in [0.1, 0.15) is 34.9 Å². The van der Waals surface area contributed by atoms with Gasteiger partial charge in [0, 0.05) is 53.8 Å². The number of hydrogen-bond donors (Lipinski definition) is 0. The number of carbonyl (C=O) groups excluding carboxylic acids is 1. The van der Waals surface area contributed by atoms with E-state index in [1.807, 2.05) is 0 Å². The molecule has 7 rings (SSSR count). The minimum absolute atomic E-state index is 0.179. The summed E-state index contributed by atoms with van der Waals surface area (Å²) in [4.78, 5) is 20.2. The number of rotatable bonds is 10. The largest absolute Gasteiger partial charge is 0.492 e. The van der Waals surface area contributed by atoms with Gasteiger partial charge in [-0.1, -0.05) is 35.3 Å². The Hall–Kier alpha value is -4.83. The first-order valence-electron chi connectivity index (χ1n) is 18.7. The van der Waals surface area contributed by atoms with Gasteiger partial charge in [0.25, 0.3) is 0 Å². The number of hydrogen-bond acceptors (Lipinski definition) is 6. The molecule has 61 heavy (non-hydrogen) atoms. The summed E-state index contributed by atoms with van der Waals surface area (Å²) in [6, 6.07) is 24.0. The number of halogens is 9. The summed E-state index contributed by atoms with van der Waals surface area (Å²) in [5, 5.41) is 0.813. The zero-order valence-corrected chi connectivity index (χ0v) is 34.9. The first kappa shape index (κ1) is 44.2. The molecule has 0 aliphatic carbocycles. The Kier molecular flexibility index (Phi) is 13.0. The lowest BCUT2D eigenvalue weighted by Crippen LogP contribution is -2.51. The zero-order chi connectivity index (χ0) is 43.8. The maximum absolute atomic E-state index is 16.0. The zero-order valence-electron chi connectivity index (χ0n) is 32.5. The Bertz CT molecular complexity index is 2530. The Balaban J connectivity index is 1.55. The summed E-state index contributed by atoms with van der Waals surface area (Å²) < 4.78 is 132. The van der Waals surface area contributed by atoms with Gasteiger partial charge in [-0.15, -0.1) is 5.06 Å². The van der Waals surface area contributed by atoms with Crippen LogP contribution in [0.2, 0.25) is 0 Å². The molecule has 1 unspecified atom stereocenters. The molecular formula is C46H34F9NO2S3. The second-order valence-electron chi connectivity index (χ2n) is 14.5. The van der Waals surface area contributed by atoms with Crippen molar-refractivity contribution < 1.29 is 49.1 Å². The normalized spacial score (nSPS) is 15.5. The summed E-state index contributed by atoms with van der Waals surface area (Å²) >= 11 is 3.42. The third-order valence-electron chi connectivity index (χ3n) is 10.4. The standard InChI is InChI=1S/C46H34F9NO2S3/c1-25-18-28(47)4-10-38(25)59-41-13-7-31(50)21-34(41)37-24-56(58-44(57)46(53,54)55)17-16-45(37,35-22-32(51)8-14-42(35)60-39-11-5-29(48)19-26(39)2)36-23-33(52)9-15-43(36)61-40-12-6-30(49)20-27(40)3/h4-15,18-23,37H,16-17,24H2,1-3H3. The van der Waals surface area contributed by atoms with Crippen LogP contribution in [-0.2, 0) is 15.0 Å². The van der Waals surface area contributed by atoms with Gasteiger partial charge >= 0.3 is 12.1 Å². The van der Waals surface area contributed by atoms with Gasteiger partial charge in [0.05, 0.1) is 0 Å². The van der Waals surface area contributed by atoms with Crippen molar-refractivity contribution in [3.63, 3.8) is 0 Å². The van der Waals surface area contributed by atoms with E-state index in [0.717, 1.165) is 40.3 Å². The smallest absolute Gasteiger partial charge is 0.361 e. The van der Waals surface area contributed by atoms with Crippen LogP contribution >= 0.6 is 35.3 Å². The highest BCUT2D eigenvalue weighted by atomic mass is 32.2. The summed E-state index contributed by atoms with van der Waals surface area (Å²) in [5.74, 6) is -7.45. The molecule has 1 atom stereocenters. The topological polar surface area (TPSA) is 29.5 Å². The predicted octanol–water partition coefficient (Wildman–Crippen LogP) is 13.7. The van der Waals surface area contributed by atoms with Gasteiger partial charge in [-0.3, -0.25) is 0 Å². The molecule has 0 spiro atoms. The van der Waals surface area contributed by atoms with Crippen LogP contribution in [0.25, 0.3) is 0 Å². The quantitative estimate of drug-likeness (QED) is 0.127. The molecule has 1 fully saturated rings. The fourth-order valence-electron chi connectivity index (χ4n) is 7.63. The van der Waals surface area contributed by atoms with Crippen molar-refractivity contribution in [2.75, 3.05) is 13.1 Å². The average molecular weight is 900 g/mol. The number of benzene rings is 6. The number of piperidine rings is 1. The Morgan fingerprint density at radius 3 is 1.33 bits per heavy atom. The Labute approximate surface area is 358 Å². The lowest BCUT2D eigenvalue weighted by Gasteiger charge is -2.49. The van der Waals surface area contributed by atoms with Crippen molar-refractivity contribution in [2.45, 2.75) is 74.1 Å². The third kappa shape index (κ3) is 9.64. The van der Waals surface area contributed by atoms with E-state index >= 15 is 13.2 Å². The Morgan fingerprint density at radius 1 is 0.557 bits per heavy atom. The minimum atomic E-state index is -5.39. The predicted molar refractivity (Wildman–Crippen MR) is 217 cm³/mol. The van der Waals surface area contributed by atoms with E-state index < -0.39 is 64.9 Å². The maximum Gasteiger partial charge on any atom is 0.492 e. The van der Waals surface area contributed by atoms with E-state index in [1.54, 1.807) is 32.9 Å². The van der Waals surface area contributed by atoms with E-state index in [4.69, 9.17) is 4.84 Å². The highest BCUT2D eigenvalue weighted by Gasteiger charge is 2.52. The van der Waals surface area contributed by atoms with Gasteiger partial charge in [0.15, 0.2) is 0 Å². The Morgan fingerprint density at radius 2 is 0.918 bits per heavy atom. The molecule has 6 aromatic rings. The van der Waals surface area contributed by atoms with Gasteiger partial charge in [-0.05, 0) is 170 Å². The molecule has 0 radical (unpaired) electrons. The molecule has 1 aliphatic rings. The number of aryl methyl sites for hydroxylation is 3. The molecule has 0 aromatic heterocycles. The van der Waals surface area contributed by atoms with Crippen LogP contribution in [-0.4, -0.2) is 30.3 Å². The van der Waals surface area contributed by atoms with Crippen molar-refractivity contribution in [3.8, 4) is 0 Å². The molecule has 1 saturated heterocycles. The fourth-order valence-corrected chi connectivity index (χ4v) is 10.8. The van der Waals surface area contributed by atoms with Crippen molar-refractivity contribution >= 4 is 41.3 Å². The second-order valence-corrected chi connectivity index (χ2v) is 17.8. The van der Waals surface area contributed by atoms with Crippen LogP contribution in [0.3, 0.4) is 0 Å². The van der Waals surface area contributed by atoms with Crippen molar-refractivity contribution in [2.24, 2.45) is 0 Å². The molecule has 15 heteroatoms. The van der Waals surface area contributed by atoms with Crippen LogP contribution in [0.15, 0.2) is 139 Å². The van der Waals surface area contributed by atoms with Gasteiger partial charge < -0.3 is 4.84 Å². The van der Waals surface area contributed by atoms with E-state index in [0.29, 0.717) is 46.1 Å². The summed E-state index contributed by atoms with van der Waals surface area (Å²) in [5.41, 5.74) is 0.562. The highest BCUT2D eigenvalue weighted by molar-refractivity contribution is 8.00. The summed E-state index contributed by atoms with van der Waals surface area (Å²) in [6.07, 6.45) is -5.64. The van der Waals surface area contributed by atoms with Crippen LogP contribution in [0, 0.1) is 55.7 Å². The maximum atomic E-state index is 16.0. The van der Waals surface area contributed by atoms with Gasteiger partial charge in [-0.2, -0.15) is 13.2 Å². The van der Waals surface area contributed by atoms with Crippen molar-refractivity contribution in [3.05, 3.63) is 177 Å². The van der Waals surface area contributed by atoms with Gasteiger partial charge in [0.2, 0.25) is 0 Å². The fraction of sp³-hybridized carbons (Fsp3) is 0.196. The first-order chi connectivity index (χ1) is 28.9. The second kappa shape index (κ2) is 17.9. The van der Waals surface area contributed by atoms with Crippen molar-refractivity contribution in [1.29, 1.82) is 0 Å². The highest BCUT2D eigenvalue weighted by Crippen LogP contribution is 2.57. The SMILES string of the molecule is Cc1cc(F)ccc1Sc1ccc(F)cc1C1CN(OC(=O)C(F)(F)F)CCC1(c1cc(F)ccc1Sc1ccc(F)cc1C)c1cc(F)ccc1Sc1ccc(F)cc1C. The lowest BCUT2D eigenvalue weighted by atomic mass is 9.60. The van der Waals surface area contributed by atoms with E-state index in [9.17, 15) is 31.1 Å². The average Bonchev–Trinajstić information content (AvgIpc) is 3.19. The minimum Gasteiger partial charge on any atom is -0.361 e. The molecule has 0 amide bonds. The molecule has 0 N–H and O–H groups in total. The van der Waals surface area contributed by atoms with Crippen LogP contribution in [0.5, 0.6) is 0 Å². The number of carbonyl (C=O) groups is 1. The monoisotopic (exact) mass is 899 g/mol. The molecule has 3 nitrogen and oxygen atoms in total. The van der Waals surface area contributed by atoms with Crippen molar-refractivity contribution in [1.82, 2.24) is 5.06 Å². The lowest BCUT2D eigenvalue weighted by molar-refractivity contribution is -0.243. The molecular weight excluding hydrogens is 866 g/mol. The molecule has 0 saturated carbocycles. The first-order valence-corrected chi connectivity index (χ1v) is 21.1. The van der Waals surface area contributed by atoms with E-state index in [1.165, 1.54) is 97.1 Å². The molecule has 6 aromatic carbocycles. The number of nitrogens with zero attached hydrogens (tertiary/aromatic N) is 1. The summed E-state index contributed by atoms with van der Waals surface area (Å²) in [7, 11) is 0. The third-order valence-corrected chi connectivity index (χ3v) is 14.2.